The first-order valence-corrected chi connectivity index (χ1v) is 9.06. The number of benzene rings is 1. The van der Waals surface area contributed by atoms with Gasteiger partial charge in [-0.25, -0.2) is 4.98 Å². The molecule has 0 radical (unpaired) electrons. The standard InChI is InChI=1S/C16H17Cl2N3OS/c1-9-10(2)21(6-5-19-9)16(22)14-8-23-15(20-14)12-4-3-11(17)7-13(12)18/h3-4,7-10,19H,5-6H2,1-2H3. The van der Waals surface area contributed by atoms with Crippen LogP contribution in [0.1, 0.15) is 24.3 Å². The Labute approximate surface area is 149 Å². The first-order valence-electron chi connectivity index (χ1n) is 7.42. The van der Waals surface area contributed by atoms with Crippen LogP contribution in [0.4, 0.5) is 0 Å². The van der Waals surface area contributed by atoms with Gasteiger partial charge in [-0.3, -0.25) is 4.79 Å². The third-order valence-electron chi connectivity index (χ3n) is 4.18. The van der Waals surface area contributed by atoms with Crippen LogP contribution in [-0.4, -0.2) is 41.0 Å². The Morgan fingerprint density at radius 2 is 2.17 bits per heavy atom. The molecule has 1 aliphatic heterocycles. The van der Waals surface area contributed by atoms with E-state index in [-0.39, 0.29) is 18.0 Å². The summed E-state index contributed by atoms with van der Waals surface area (Å²) in [5.74, 6) is -0.0292. The number of carbonyl (C=O) groups excluding carboxylic acids is 1. The molecule has 122 valence electrons. The van der Waals surface area contributed by atoms with Crippen LogP contribution in [-0.2, 0) is 0 Å². The third kappa shape index (κ3) is 3.38. The molecule has 1 aliphatic rings. The third-order valence-corrected chi connectivity index (χ3v) is 5.60. The molecule has 1 aromatic carbocycles. The molecule has 0 spiro atoms. The molecule has 4 nitrogen and oxygen atoms in total. The smallest absolute Gasteiger partial charge is 0.273 e. The van der Waals surface area contributed by atoms with Crippen molar-refractivity contribution in [2.45, 2.75) is 25.9 Å². The van der Waals surface area contributed by atoms with Crippen LogP contribution in [0.25, 0.3) is 10.6 Å². The zero-order chi connectivity index (χ0) is 16.6. The highest BCUT2D eigenvalue weighted by Crippen LogP contribution is 2.32. The van der Waals surface area contributed by atoms with Gasteiger partial charge >= 0.3 is 0 Å². The van der Waals surface area contributed by atoms with Crippen LogP contribution in [0.3, 0.4) is 0 Å². The van der Waals surface area contributed by atoms with Crippen molar-refractivity contribution >= 4 is 40.4 Å². The first kappa shape index (κ1) is 16.7. The van der Waals surface area contributed by atoms with E-state index in [1.165, 1.54) is 11.3 Å². The molecular formula is C16H17Cl2N3OS. The fourth-order valence-electron chi connectivity index (χ4n) is 2.65. The second-order valence-corrected chi connectivity index (χ2v) is 7.35. The number of amides is 1. The van der Waals surface area contributed by atoms with Crippen molar-refractivity contribution in [3.05, 3.63) is 39.3 Å². The van der Waals surface area contributed by atoms with E-state index in [0.717, 1.165) is 17.1 Å². The van der Waals surface area contributed by atoms with Gasteiger partial charge in [-0.05, 0) is 32.0 Å². The van der Waals surface area contributed by atoms with E-state index in [1.807, 2.05) is 11.0 Å². The van der Waals surface area contributed by atoms with Gasteiger partial charge in [-0.15, -0.1) is 11.3 Å². The second kappa shape index (κ2) is 6.77. The van der Waals surface area contributed by atoms with Gasteiger partial charge in [0, 0.05) is 41.1 Å². The molecule has 2 unspecified atom stereocenters. The Kier molecular flexibility index (Phi) is 4.92. The Hall–Kier alpha value is -1.14. The molecule has 1 N–H and O–H groups in total. The maximum absolute atomic E-state index is 12.7. The molecule has 2 aromatic rings. The zero-order valence-corrected chi connectivity index (χ0v) is 15.2. The van der Waals surface area contributed by atoms with Gasteiger partial charge in [-0.1, -0.05) is 23.2 Å². The fourth-order valence-corrected chi connectivity index (χ4v) is 4.04. The molecular weight excluding hydrogens is 353 g/mol. The molecule has 1 saturated heterocycles. The summed E-state index contributed by atoms with van der Waals surface area (Å²) in [7, 11) is 0. The monoisotopic (exact) mass is 369 g/mol. The predicted molar refractivity (Wildman–Crippen MR) is 95.5 cm³/mol. The summed E-state index contributed by atoms with van der Waals surface area (Å²) in [6, 6.07) is 5.69. The molecule has 0 aliphatic carbocycles. The average molecular weight is 370 g/mol. The van der Waals surface area contributed by atoms with E-state index in [9.17, 15) is 4.79 Å². The first-order chi connectivity index (χ1) is 11.0. The molecule has 1 amide bonds. The minimum atomic E-state index is -0.0292. The number of thiazole rings is 1. The lowest BCUT2D eigenvalue weighted by Gasteiger charge is -2.38. The summed E-state index contributed by atoms with van der Waals surface area (Å²) >= 11 is 13.6. The summed E-state index contributed by atoms with van der Waals surface area (Å²) < 4.78 is 0. The van der Waals surface area contributed by atoms with Crippen molar-refractivity contribution in [1.82, 2.24) is 15.2 Å². The van der Waals surface area contributed by atoms with Gasteiger partial charge < -0.3 is 10.2 Å². The quantitative estimate of drug-likeness (QED) is 0.871. The van der Waals surface area contributed by atoms with Gasteiger partial charge in [0.1, 0.15) is 10.7 Å². The number of nitrogens with zero attached hydrogens (tertiary/aromatic N) is 2. The topological polar surface area (TPSA) is 45.2 Å². The van der Waals surface area contributed by atoms with Crippen LogP contribution < -0.4 is 5.32 Å². The van der Waals surface area contributed by atoms with Gasteiger partial charge in [-0.2, -0.15) is 0 Å². The SMILES string of the molecule is CC1NCCN(C(=O)c2csc(-c3ccc(Cl)cc3Cl)n2)C1C. The summed E-state index contributed by atoms with van der Waals surface area (Å²) in [6.07, 6.45) is 0. The summed E-state index contributed by atoms with van der Waals surface area (Å²) in [4.78, 5) is 19.1. The Balaban J connectivity index is 1.85. The van der Waals surface area contributed by atoms with Crippen molar-refractivity contribution in [2.24, 2.45) is 0 Å². The number of halogens is 2. The van der Waals surface area contributed by atoms with E-state index in [4.69, 9.17) is 23.2 Å². The van der Waals surface area contributed by atoms with Crippen LogP contribution >= 0.6 is 34.5 Å². The molecule has 0 bridgehead atoms. The normalized spacial score (nSPS) is 21.5. The number of piperazine rings is 1. The van der Waals surface area contributed by atoms with Gasteiger partial charge in [0.2, 0.25) is 0 Å². The molecule has 2 heterocycles. The molecule has 7 heteroatoms. The number of aromatic nitrogens is 1. The summed E-state index contributed by atoms with van der Waals surface area (Å²) in [5, 5.41) is 7.01. The number of rotatable bonds is 2. The second-order valence-electron chi connectivity index (χ2n) is 5.64. The van der Waals surface area contributed by atoms with Gasteiger partial charge in [0.05, 0.1) is 5.02 Å². The minimum absolute atomic E-state index is 0.0292. The van der Waals surface area contributed by atoms with E-state index in [2.05, 4.69) is 24.1 Å². The van der Waals surface area contributed by atoms with E-state index in [0.29, 0.717) is 22.3 Å². The largest absolute Gasteiger partial charge is 0.332 e. The average Bonchev–Trinajstić information content (AvgIpc) is 2.99. The highest BCUT2D eigenvalue weighted by Gasteiger charge is 2.30. The Morgan fingerprint density at radius 3 is 2.91 bits per heavy atom. The molecule has 3 rings (SSSR count). The van der Waals surface area contributed by atoms with Crippen LogP contribution in [0.2, 0.25) is 10.0 Å². The Bertz CT molecular complexity index is 734. The number of hydrogen-bond acceptors (Lipinski definition) is 4. The molecule has 0 saturated carbocycles. The highest BCUT2D eigenvalue weighted by molar-refractivity contribution is 7.13. The molecule has 1 aromatic heterocycles. The maximum atomic E-state index is 12.7. The van der Waals surface area contributed by atoms with Crippen LogP contribution in [0.15, 0.2) is 23.6 Å². The van der Waals surface area contributed by atoms with Crippen molar-refractivity contribution in [2.75, 3.05) is 13.1 Å². The lowest BCUT2D eigenvalue weighted by molar-refractivity contribution is 0.0598. The maximum Gasteiger partial charge on any atom is 0.273 e. The molecule has 23 heavy (non-hydrogen) atoms. The van der Waals surface area contributed by atoms with Crippen molar-refractivity contribution in [3.63, 3.8) is 0 Å². The van der Waals surface area contributed by atoms with Crippen LogP contribution in [0.5, 0.6) is 0 Å². The van der Waals surface area contributed by atoms with Crippen molar-refractivity contribution < 1.29 is 4.79 Å². The zero-order valence-electron chi connectivity index (χ0n) is 12.8. The fraction of sp³-hybridized carbons (Fsp3) is 0.375. The predicted octanol–water partition coefficient (Wildman–Crippen LogP) is 3.94. The summed E-state index contributed by atoms with van der Waals surface area (Å²) in [6.45, 7) is 5.64. The van der Waals surface area contributed by atoms with E-state index >= 15 is 0 Å². The van der Waals surface area contributed by atoms with Gasteiger partial charge in [0.25, 0.3) is 5.91 Å². The van der Waals surface area contributed by atoms with E-state index in [1.54, 1.807) is 17.5 Å². The van der Waals surface area contributed by atoms with Gasteiger partial charge in [0.15, 0.2) is 0 Å². The lowest BCUT2D eigenvalue weighted by Crippen LogP contribution is -2.57. The lowest BCUT2D eigenvalue weighted by atomic mass is 10.1. The Morgan fingerprint density at radius 1 is 1.39 bits per heavy atom. The highest BCUT2D eigenvalue weighted by atomic mass is 35.5. The summed E-state index contributed by atoms with van der Waals surface area (Å²) in [5.41, 5.74) is 1.26. The molecule has 2 atom stereocenters. The number of carbonyl (C=O) groups is 1. The van der Waals surface area contributed by atoms with Crippen LogP contribution in [0, 0.1) is 0 Å². The number of nitrogens with one attached hydrogen (secondary N) is 1. The number of hydrogen-bond donors (Lipinski definition) is 1. The van der Waals surface area contributed by atoms with E-state index < -0.39 is 0 Å². The van der Waals surface area contributed by atoms with Crippen molar-refractivity contribution in [1.29, 1.82) is 0 Å². The molecule has 1 fully saturated rings. The van der Waals surface area contributed by atoms with Crippen molar-refractivity contribution in [3.8, 4) is 10.6 Å². The minimum Gasteiger partial charge on any atom is -0.332 e.